The number of benzene rings is 1. The van der Waals surface area contributed by atoms with Crippen molar-refractivity contribution >= 4 is 49.1 Å². The first-order valence-electron chi connectivity index (χ1n) is 5.97. The zero-order chi connectivity index (χ0) is 16.4. The van der Waals surface area contributed by atoms with E-state index in [9.17, 15) is 13.2 Å². The Kier molecular flexibility index (Phi) is 5.65. The minimum Gasteiger partial charge on any atom is -0.398 e. The summed E-state index contributed by atoms with van der Waals surface area (Å²) in [6, 6.07) is 2.73. The number of anilines is 1. The quantitative estimate of drug-likeness (QED) is 0.657. The second-order valence-corrected chi connectivity index (χ2v) is 8.06. The van der Waals surface area contributed by atoms with E-state index in [0.29, 0.717) is 0 Å². The standard InChI is InChI=1S/C12H17BrClN3O3S/c1-12(2,11(18)16-3)6-17-21(19,20)9-5-7(14)4-8(15)10(9)13/h4-5,17H,6,15H2,1-3H3,(H,16,18). The van der Waals surface area contributed by atoms with Crippen molar-refractivity contribution in [1.29, 1.82) is 0 Å². The van der Waals surface area contributed by atoms with Crippen LogP contribution in [0.2, 0.25) is 5.02 Å². The predicted octanol–water partition coefficient (Wildman–Crippen LogP) is 1.74. The van der Waals surface area contributed by atoms with E-state index in [0.717, 1.165) is 0 Å². The summed E-state index contributed by atoms with van der Waals surface area (Å²) in [5, 5.41) is 2.70. The van der Waals surface area contributed by atoms with Gasteiger partial charge in [-0.15, -0.1) is 0 Å². The van der Waals surface area contributed by atoms with E-state index in [1.54, 1.807) is 13.8 Å². The number of nitrogens with two attached hydrogens (primary N) is 1. The van der Waals surface area contributed by atoms with Crippen molar-refractivity contribution in [3.05, 3.63) is 21.6 Å². The van der Waals surface area contributed by atoms with Crippen LogP contribution < -0.4 is 15.8 Å². The number of carbonyl (C=O) groups excluding carboxylic acids is 1. The van der Waals surface area contributed by atoms with E-state index < -0.39 is 15.4 Å². The van der Waals surface area contributed by atoms with Crippen molar-refractivity contribution < 1.29 is 13.2 Å². The molecular weight excluding hydrogens is 382 g/mol. The summed E-state index contributed by atoms with van der Waals surface area (Å²) in [7, 11) is -2.36. The minimum atomic E-state index is -3.85. The molecular formula is C12H17BrClN3O3S. The lowest BCUT2D eigenvalue weighted by Gasteiger charge is -2.23. The van der Waals surface area contributed by atoms with Gasteiger partial charge < -0.3 is 11.1 Å². The second-order valence-electron chi connectivity index (χ2n) is 5.09. The van der Waals surface area contributed by atoms with Gasteiger partial charge in [-0.1, -0.05) is 11.6 Å². The Balaban J connectivity index is 3.06. The molecule has 9 heteroatoms. The molecule has 0 heterocycles. The third-order valence-electron chi connectivity index (χ3n) is 2.87. The fraction of sp³-hybridized carbons (Fsp3) is 0.417. The number of amides is 1. The molecule has 1 aromatic rings. The number of sulfonamides is 1. The highest BCUT2D eigenvalue weighted by Gasteiger charge is 2.29. The molecule has 0 aliphatic heterocycles. The molecule has 0 aliphatic rings. The maximum Gasteiger partial charge on any atom is 0.241 e. The van der Waals surface area contributed by atoms with Crippen LogP contribution in [-0.4, -0.2) is 27.9 Å². The van der Waals surface area contributed by atoms with Gasteiger partial charge >= 0.3 is 0 Å². The summed E-state index contributed by atoms with van der Waals surface area (Å²) in [6.07, 6.45) is 0. The highest BCUT2D eigenvalue weighted by molar-refractivity contribution is 9.10. The van der Waals surface area contributed by atoms with Crippen LogP contribution in [0.4, 0.5) is 5.69 Å². The molecule has 118 valence electrons. The van der Waals surface area contributed by atoms with Gasteiger partial charge in [0.15, 0.2) is 0 Å². The zero-order valence-electron chi connectivity index (χ0n) is 11.8. The molecule has 0 atom stereocenters. The zero-order valence-corrected chi connectivity index (χ0v) is 15.0. The monoisotopic (exact) mass is 397 g/mol. The summed E-state index contributed by atoms with van der Waals surface area (Å²) in [5.74, 6) is -0.269. The molecule has 1 rings (SSSR count). The summed E-state index contributed by atoms with van der Waals surface area (Å²) in [4.78, 5) is 11.6. The molecule has 0 spiro atoms. The Morgan fingerprint density at radius 2 is 2.00 bits per heavy atom. The van der Waals surface area contributed by atoms with Gasteiger partial charge in [-0.25, -0.2) is 13.1 Å². The lowest BCUT2D eigenvalue weighted by molar-refractivity contribution is -0.128. The summed E-state index contributed by atoms with van der Waals surface area (Å²) in [5.41, 5.74) is 5.01. The highest BCUT2D eigenvalue weighted by atomic mass is 79.9. The SMILES string of the molecule is CNC(=O)C(C)(C)CNS(=O)(=O)c1cc(Cl)cc(N)c1Br. The summed E-state index contributed by atoms with van der Waals surface area (Å²) in [6.45, 7) is 3.21. The molecule has 0 saturated heterocycles. The molecule has 21 heavy (non-hydrogen) atoms. The first-order valence-corrected chi connectivity index (χ1v) is 8.63. The van der Waals surface area contributed by atoms with Gasteiger partial charge in [0.25, 0.3) is 0 Å². The van der Waals surface area contributed by atoms with Crippen LogP contribution in [0.1, 0.15) is 13.8 Å². The Hall–Kier alpha value is -0.830. The molecule has 1 amide bonds. The lowest BCUT2D eigenvalue weighted by Crippen LogP contribution is -2.43. The minimum absolute atomic E-state index is 0.0616. The first kappa shape index (κ1) is 18.2. The molecule has 0 aromatic heterocycles. The van der Waals surface area contributed by atoms with Crippen molar-refractivity contribution in [2.45, 2.75) is 18.7 Å². The van der Waals surface area contributed by atoms with Gasteiger partial charge in [-0.2, -0.15) is 0 Å². The smallest absolute Gasteiger partial charge is 0.241 e. The molecule has 6 nitrogen and oxygen atoms in total. The summed E-state index contributed by atoms with van der Waals surface area (Å²) < 4.78 is 27.3. The van der Waals surface area contributed by atoms with Gasteiger partial charge in [0.1, 0.15) is 0 Å². The number of hydrogen-bond donors (Lipinski definition) is 3. The van der Waals surface area contributed by atoms with Crippen molar-refractivity contribution in [3.63, 3.8) is 0 Å². The molecule has 0 unspecified atom stereocenters. The fourth-order valence-corrected chi connectivity index (χ4v) is 4.05. The largest absolute Gasteiger partial charge is 0.398 e. The molecule has 4 N–H and O–H groups in total. The van der Waals surface area contributed by atoms with Crippen molar-refractivity contribution in [2.75, 3.05) is 19.3 Å². The maximum atomic E-state index is 12.3. The number of carbonyl (C=O) groups is 1. The molecule has 0 bridgehead atoms. The third-order valence-corrected chi connectivity index (χ3v) is 5.66. The number of halogens is 2. The lowest BCUT2D eigenvalue weighted by atomic mass is 9.93. The van der Waals surface area contributed by atoms with E-state index in [2.05, 4.69) is 26.0 Å². The normalized spacial score (nSPS) is 12.2. The second kappa shape index (κ2) is 6.51. The van der Waals surface area contributed by atoms with Crippen LogP contribution in [0.15, 0.2) is 21.5 Å². The summed E-state index contributed by atoms with van der Waals surface area (Å²) >= 11 is 8.97. The molecule has 0 aliphatic carbocycles. The third kappa shape index (κ3) is 4.32. The average Bonchev–Trinajstić information content (AvgIpc) is 2.39. The van der Waals surface area contributed by atoms with E-state index in [4.69, 9.17) is 17.3 Å². The van der Waals surface area contributed by atoms with E-state index >= 15 is 0 Å². The highest BCUT2D eigenvalue weighted by Crippen LogP contribution is 2.31. The molecule has 0 fully saturated rings. The van der Waals surface area contributed by atoms with Crippen LogP contribution in [0.5, 0.6) is 0 Å². The fourth-order valence-electron chi connectivity index (χ4n) is 1.55. The molecule has 0 radical (unpaired) electrons. The van der Waals surface area contributed by atoms with Gasteiger partial charge in [0.2, 0.25) is 15.9 Å². The Morgan fingerprint density at radius 1 is 1.43 bits per heavy atom. The average molecular weight is 399 g/mol. The van der Waals surface area contributed by atoms with E-state index in [-0.39, 0.29) is 32.5 Å². The van der Waals surface area contributed by atoms with Gasteiger partial charge in [0.05, 0.1) is 14.8 Å². The topological polar surface area (TPSA) is 101 Å². The molecule has 0 saturated carbocycles. The van der Waals surface area contributed by atoms with Gasteiger partial charge in [-0.3, -0.25) is 4.79 Å². The van der Waals surface area contributed by atoms with Crippen LogP contribution in [0.25, 0.3) is 0 Å². The van der Waals surface area contributed by atoms with Crippen molar-refractivity contribution in [3.8, 4) is 0 Å². The van der Waals surface area contributed by atoms with Crippen LogP contribution in [-0.2, 0) is 14.8 Å². The van der Waals surface area contributed by atoms with Crippen molar-refractivity contribution in [2.24, 2.45) is 5.41 Å². The van der Waals surface area contributed by atoms with Gasteiger partial charge in [-0.05, 0) is 41.9 Å². The van der Waals surface area contributed by atoms with E-state index in [1.165, 1.54) is 19.2 Å². The predicted molar refractivity (Wildman–Crippen MR) is 86.6 cm³/mol. The maximum absolute atomic E-state index is 12.3. The Labute approximate surface area is 137 Å². The van der Waals surface area contributed by atoms with Crippen LogP contribution in [0.3, 0.4) is 0 Å². The number of nitrogen functional groups attached to an aromatic ring is 1. The van der Waals surface area contributed by atoms with Crippen molar-refractivity contribution in [1.82, 2.24) is 10.0 Å². The van der Waals surface area contributed by atoms with E-state index in [1.807, 2.05) is 0 Å². The number of rotatable bonds is 5. The first-order chi connectivity index (χ1) is 9.51. The Bertz CT molecular complexity index is 662. The number of nitrogens with one attached hydrogen (secondary N) is 2. The van der Waals surface area contributed by atoms with Crippen LogP contribution >= 0.6 is 27.5 Å². The van der Waals surface area contributed by atoms with Gasteiger partial charge in [0, 0.05) is 24.3 Å². The number of hydrogen-bond acceptors (Lipinski definition) is 4. The van der Waals surface area contributed by atoms with Crippen LogP contribution in [0, 0.1) is 5.41 Å². The Morgan fingerprint density at radius 3 is 2.52 bits per heavy atom. The molecule has 1 aromatic carbocycles.